The van der Waals surface area contributed by atoms with Crippen LogP contribution in [0.4, 0.5) is 11.4 Å². The van der Waals surface area contributed by atoms with Crippen molar-refractivity contribution in [3.05, 3.63) is 69.2 Å². The Balaban J connectivity index is 1.87. The summed E-state index contributed by atoms with van der Waals surface area (Å²) >= 11 is 5.71. The average Bonchev–Trinajstić information content (AvgIpc) is 2.67. The number of hydrogen-bond acceptors (Lipinski definition) is 6. The Bertz CT molecular complexity index is 896. The highest BCUT2D eigenvalue weighted by molar-refractivity contribution is 6.31. The van der Waals surface area contributed by atoms with Crippen LogP contribution in [-0.2, 0) is 14.3 Å². The van der Waals surface area contributed by atoms with Gasteiger partial charge < -0.3 is 14.8 Å². The first-order valence-corrected chi connectivity index (χ1v) is 8.58. The molecule has 0 saturated heterocycles. The predicted octanol–water partition coefficient (Wildman–Crippen LogP) is 3.84. The third kappa shape index (κ3) is 6.40. The number of anilines is 1. The van der Waals surface area contributed by atoms with E-state index in [0.29, 0.717) is 6.61 Å². The summed E-state index contributed by atoms with van der Waals surface area (Å²) in [4.78, 5) is 33.9. The highest BCUT2D eigenvalue weighted by atomic mass is 35.5. The fraction of sp³-hybridized carbons (Fsp3) is 0.158. The molecule has 0 unspecified atom stereocenters. The van der Waals surface area contributed by atoms with Crippen LogP contribution in [0.25, 0.3) is 6.08 Å². The van der Waals surface area contributed by atoms with Gasteiger partial charge in [0.25, 0.3) is 11.6 Å². The van der Waals surface area contributed by atoms with Gasteiger partial charge in [-0.05, 0) is 42.8 Å². The van der Waals surface area contributed by atoms with Gasteiger partial charge in [0.1, 0.15) is 11.4 Å². The largest absolute Gasteiger partial charge is 0.494 e. The minimum absolute atomic E-state index is 0.0413. The first-order valence-electron chi connectivity index (χ1n) is 8.20. The molecule has 0 atom stereocenters. The van der Waals surface area contributed by atoms with Crippen LogP contribution in [0.15, 0.2) is 48.5 Å². The molecule has 0 aromatic heterocycles. The molecule has 0 fully saturated rings. The van der Waals surface area contributed by atoms with Gasteiger partial charge in [-0.3, -0.25) is 14.9 Å². The van der Waals surface area contributed by atoms with Gasteiger partial charge in [0.15, 0.2) is 6.61 Å². The first-order chi connectivity index (χ1) is 13.4. The van der Waals surface area contributed by atoms with E-state index in [9.17, 15) is 19.7 Å². The SMILES string of the molecule is CCOc1ccc(/C=C/C(=O)OCC(=O)Nc2ccc(Cl)cc2[N+](=O)[O-])cc1. The number of nitrogens with one attached hydrogen (secondary N) is 1. The lowest BCUT2D eigenvalue weighted by Crippen LogP contribution is -2.20. The number of nitrogens with zero attached hydrogens (tertiary/aromatic N) is 1. The first kappa shape index (κ1) is 20.9. The molecule has 0 saturated carbocycles. The number of esters is 1. The molecule has 2 rings (SSSR count). The smallest absolute Gasteiger partial charge is 0.331 e. The number of benzene rings is 2. The third-order valence-electron chi connectivity index (χ3n) is 3.38. The Morgan fingerprint density at radius 3 is 2.57 bits per heavy atom. The second-order valence-corrected chi connectivity index (χ2v) is 5.85. The van der Waals surface area contributed by atoms with Crippen molar-refractivity contribution in [2.75, 3.05) is 18.5 Å². The molecule has 2 aromatic rings. The van der Waals surface area contributed by atoms with Crippen LogP contribution < -0.4 is 10.1 Å². The van der Waals surface area contributed by atoms with E-state index in [1.54, 1.807) is 24.3 Å². The second-order valence-electron chi connectivity index (χ2n) is 5.41. The number of amides is 1. The Kier molecular flexibility index (Phi) is 7.53. The number of rotatable bonds is 8. The van der Waals surface area contributed by atoms with Crippen molar-refractivity contribution in [3.63, 3.8) is 0 Å². The van der Waals surface area contributed by atoms with Gasteiger partial charge in [-0.25, -0.2) is 4.79 Å². The molecule has 2 aromatic carbocycles. The van der Waals surface area contributed by atoms with E-state index >= 15 is 0 Å². The summed E-state index contributed by atoms with van der Waals surface area (Å²) < 4.78 is 10.1. The molecule has 0 aliphatic carbocycles. The van der Waals surface area contributed by atoms with E-state index in [2.05, 4.69) is 5.32 Å². The molecule has 9 heteroatoms. The van der Waals surface area contributed by atoms with E-state index in [1.807, 2.05) is 6.92 Å². The van der Waals surface area contributed by atoms with Crippen LogP contribution in [0.2, 0.25) is 5.02 Å². The van der Waals surface area contributed by atoms with E-state index in [1.165, 1.54) is 24.3 Å². The van der Waals surface area contributed by atoms with Gasteiger partial charge in [-0.2, -0.15) is 0 Å². The fourth-order valence-corrected chi connectivity index (χ4v) is 2.31. The monoisotopic (exact) mass is 404 g/mol. The highest BCUT2D eigenvalue weighted by Crippen LogP contribution is 2.27. The lowest BCUT2D eigenvalue weighted by Gasteiger charge is -2.06. The maximum absolute atomic E-state index is 11.9. The van der Waals surface area contributed by atoms with Gasteiger partial charge in [0.2, 0.25) is 0 Å². The van der Waals surface area contributed by atoms with Gasteiger partial charge in [-0.1, -0.05) is 23.7 Å². The zero-order valence-corrected chi connectivity index (χ0v) is 15.6. The van der Waals surface area contributed by atoms with E-state index in [0.717, 1.165) is 17.4 Å². The number of ether oxygens (including phenoxy) is 2. The van der Waals surface area contributed by atoms with E-state index < -0.39 is 23.4 Å². The lowest BCUT2D eigenvalue weighted by atomic mass is 10.2. The van der Waals surface area contributed by atoms with Gasteiger partial charge in [0, 0.05) is 17.2 Å². The van der Waals surface area contributed by atoms with Crippen LogP contribution in [0.1, 0.15) is 12.5 Å². The molecule has 0 spiro atoms. The zero-order chi connectivity index (χ0) is 20.5. The van der Waals surface area contributed by atoms with Gasteiger partial charge in [-0.15, -0.1) is 0 Å². The summed E-state index contributed by atoms with van der Waals surface area (Å²) in [6, 6.07) is 10.9. The summed E-state index contributed by atoms with van der Waals surface area (Å²) in [5, 5.41) is 13.5. The molecule has 146 valence electrons. The van der Waals surface area contributed by atoms with Gasteiger partial charge in [0.05, 0.1) is 11.5 Å². The molecule has 8 nitrogen and oxygen atoms in total. The number of carbonyl (C=O) groups excluding carboxylic acids is 2. The highest BCUT2D eigenvalue weighted by Gasteiger charge is 2.17. The van der Waals surface area contributed by atoms with Crippen LogP contribution in [0, 0.1) is 10.1 Å². The van der Waals surface area contributed by atoms with Crippen LogP contribution in [0.3, 0.4) is 0 Å². The van der Waals surface area contributed by atoms with E-state index in [4.69, 9.17) is 21.1 Å². The van der Waals surface area contributed by atoms with Crippen molar-refractivity contribution in [3.8, 4) is 5.75 Å². The van der Waals surface area contributed by atoms with Gasteiger partial charge >= 0.3 is 5.97 Å². The van der Waals surface area contributed by atoms with Crippen molar-refractivity contribution in [2.24, 2.45) is 0 Å². The normalized spacial score (nSPS) is 10.5. The summed E-state index contributed by atoms with van der Waals surface area (Å²) in [6.45, 7) is 1.85. The second kappa shape index (κ2) is 10.1. The Morgan fingerprint density at radius 1 is 1.21 bits per heavy atom. The van der Waals surface area contributed by atoms with Crippen LogP contribution >= 0.6 is 11.6 Å². The maximum atomic E-state index is 11.9. The summed E-state index contributed by atoms with van der Waals surface area (Å²) in [7, 11) is 0. The molecule has 1 amide bonds. The third-order valence-corrected chi connectivity index (χ3v) is 3.61. The number of nitro groups is 1. The summed E-state index contributed by atoms with van der Waals surface area (Å²) in [5.41, 5.74) is 0.351. The van der Waals surface area contributed by atoms with Crippen molar-refractivity contribution in [1.29, 1.82) is 0 Å². The predicted molar refractivity (Wildman–Crippen MR) is 104 cm³/mol. The van der Waals surface area contributed by atoms with Crippen LogP contribution in [-0.4, -0.2) is 30.0 Å². The van der Waals surface area contributed by atoms with Crippen molar-refractivity contribution >= 4 is 40.9 Å². The molecule has 0 aliphatic rings. The lowest BCUT2D eigenvalue weighted by molar-refractivity contribution is -0.383. The summed E-state index contributed by atoms with van der Waals surface area (Å²) in [5.74, 6) is -0.724. The number of carbonyl (C=O) groups is 2. The summed E-state index contributed by atoms with van der Waals surface area (Å²) in [6.07, 6.45) is 2.70. The minimum atomic E-state index is -0.727. The molecule has 0 radical (unpaired) electrons. The Labute approximate surface area is 165 Å². The molecule has 28 heavy (non-hydrogen) atoms. The number of nitro benzene ring substituents is 1. The topological polar surface area (TPSA) is 108 Å². The molecule has 0 aliphatic heterocycles. The molecular formula is C19H17ClN2O6. The Hall–Kier alpha value is -3.39. The minimum Gasteiger partial charge on any atom is -0.494 e. The fourth-order valence-electron chi connectivity index (χ4n) is 2.14. The van der Waals surface area contributed by atoms with Crippen LogP contribution in [0.5, 0.6) is 5.75 Å². The quantitative estimate of drug-likeness (QED) is 0.310. The maximum Gasteiger partial charge on any atom is 0.331 e. The van der Waals surface area contributed by atoms with Crippen molar-refractivity contribution < 1.29 is 24.0 Å². The molecule has 0 bridgehead atoms. The molecule has 0 heterocycles. The number of halogens is 1. The average molecular weight is 405 g/mol. The van der Waals surface area contributed by atoms with Crippen molar-refractivity contribution in [2.45, 2.75) is 6.92 Å². The van der Waals surface area contributed by atoms with E-state index in [-0.39, 0.29) is 16.4 Å². The standard InChI is InChI=1S/C19H17ClN2O6/c1-2-27-15-7-3-13(4-8-15)5-10-19(24)28-12-18(23)21-16-9-6-14(20)11-17(16)22(25)26/h3-11H,2,12H2,1H3,(H,21,23)/b10-5+. The molecular weight excluding hydrogens is 388 g/mol. The van der Waals surface area contributed by atoms with Crippen molar-refractivity contribution in [1.82, 2.24) is 0 Å². The zero-order valence-electron chi connectivity index (χ0n) is 14.9. The Morgan fingerprint density at radius 2 is 1.93 bits per heavy atom. The number of hydrogen-bond donors (Lipinski definition) is 1. The molecule has 1 N–H and O–H groups in total.